The number of hydrogen-bond donors (Lipinski definition) is 2. The van der Waals surface area contributed by atoms with E-state index in [4.69, 9.17) is 5.73 Å². The number of carbonyl (C=O) groups excluding carboxylic acids is 2. The molecular formula is C21H30F3N3O2. The molecule has 0 aromatic heterocycles. The van der Waals surface area contributed by atoms with Crippen LogP contribution in [0.2, 0.25) is 0 Å². The van der Waals surface area contributed by atoms with Crippen LogP contribution in [0.15, 0.2) is 23.8 Å². The molecule has 2 aliphatic carbocycles. The first-order valence-corrected chi connectivity index (χ1v) is 10.5. The van der Waals surface area contributed by atoms with E-state index in [9.17, 15) is 22.8 Å². The number of allylic oxidation sites excluding steroid dienone is 2. The van der Waals surface area contributed by atoms with Crippen LogP contribution >= 0.6 is 0 Å². The molecule has 3 aliphatic rings. The van der Waals surface area contributed by atoms with Gasteiger partial charge in [0.05, 0.1) is 17.5 Å². The second-order valence-corrected chi connectivity index (χ2v) is 8.46. The molecule has 1 saturated heterocycles. The number of amides is 2. The average Bonchev–Trinajstić information content (AvgIpc) is 2.68. The summed E-state index contributed by atoms with van der Waals surface area (Å²) in [7, 11) is 0. The molecular weight excluding hydrogens is 383 g/mol. The Hall–Kier alpha value is -1.83. The molecule has 1 aliphatic heterocycles. The van der Waals surface area contributed by atoms with E-state index in [1.165, 1.54) is 6.08 Å². The maximum atomic E-state index is 12.8. The van der Waals surface area contributed by atoms with Gasteiger partial charge in [0.2, 0.25) is 11.8 Å². The number of nitrogens with one attached hydrogen (secondary N) is 1. The Morgan fingerprint density at radius 1 is 1.14 bits per heavy atom. The molecule has 29 heavy (non-hydrogen) atoms. The number of alkyl halides is 3. The van der Waals surface area contributed by atoms with Gasteiger partial charge in [-0.05, 0) is 44.1 Å². The Balaban J connectivity index is 1.43. The van der Waals surface area contributed by atoms with Crippen molar-refractivity contribution in [2.24, 2.45) is 17.6 Å². The van der Waals surface area contributed by atoms with Crippen molar-refractivity contribution in [1.82, 2.24) is 10.2 Å². The minimum absolute atomic E-state index is 0.0565. The first-order chi connectivity index (χ1) is 13.7. The summed E-state index contributed by atoms with van der Waals surface area (Å²) in [6, 6.07) is -0.683. The quantitative estimate of drug-likeness (QED) is 0.744. The highest BCUT2D eigenvalue weighted by atomic mass is 19.4. The van der Waals surface area contributed by atoms with E-state index in [-0.39, 0.29) is 36.1 Å². The smallest absolute Gasteiger partial charge is 0.350 e. The summed E-state index contributed by atoms with van der Waals surface area (Å²) < 4.78 is 38.4. The van der Waals surface area contributed by atoms with Gasteiger partial charge in [-0.25, -0.2) is 0 Å². The molecule has 5 nitrogen and oxygen atoms in total. The van der Waals surface area contributed by atoms with Crippen molar-refractivity contribution in [1.29, 1.82) is 0 Å². The average molecular weight is 413 g/mol. The third-order valence-corrected chi connectivity index (χ3v) is 6.28. The summed E-state index contributed by atoms with van der Waals surface area (Å²) in [6.07, 6.45) is 5.14. The van der Waals surface area contributed by atoms with Crippen LogP contribution in [0.25, 0.3) is 0 Å². The number of likely N-dealkylation sites (tertiary alicyclic amines) is 1. The zero-order valence-corrected chi connectivity index (χ0v) is 16.6. The molecule has 1 unspecified atom stereocenters. The van der Waals surface area contributed by atoms with E-state index in [0.717, 1.165) is 50.7 Å². The molecule has 3 rings (SSSR count). The maximum absolute atomic E-state index is 12.8. The van der Waals surface area contributed by atoms with Gasteiger partial charge in [-0.1, -0.05) is 25.0 Å². The van der Waals surface area contributed by atoms with Gasteiger partial charge in [0, 0.05) is 25.6 Å². The molecule has 0 radical (unpaired) electrons. The monoisotopic (exact) mass is 413 g/mol. The molecule has 1 saturated carbocycles. The van der Waals surface area contributed by atoms with Crippen molar-refractivity contribution < 1.29 is 22.8 Å². The first-order valence-electron chi connectivity index (χ1n) is 10.5. The fraction of sp³-hybridized carbons (Fsp3) is 0.714. The van der Waals surface area contributed by atoms with Gasteiger partial charge >= 0.3 is 6.18 Å². The van der Waals surface area contributed by atoms with E-state index < -0.39 is 17.8 Å². The summed E-state index contributed by atoms with van der Waals surface area (Å²) in [5, 5.41) is 2.70. The lowest BCUT2D eigenvalue weighted by atomic mass is 9.83. The molecule has 2 fully saturated rings. The second-order valence-electron chi connectivity index (χ2n) is 8.46. The van der Waals surface area contributed by atoms with Gasteiger partial charge in [-0.3, -0.25) is 9.59 Å². The van der Waals surface area contributed by atoms with Crippen LogP contribution < -0.4 is 11.1 Å². The van der Waals surface area contributed by atoms with Crippen LogP contribution in [-0.2, 0) is 9.59 Å². The van der Waals surface area contributed by atoms with E-state index in [1.807, 2.05) is 4.90 Å². The number of halogens is 3. The molecule has 3 N–H and O–H groups in total. The molecule has 0 bridgehead atoms. The SMILES string of the molecule is N[C@H]1CCCC[C@@H]1C(=O)N1CCC(CC(=O)NC2C=C(C(F)(F)F)C=CC2)CC1. The number of rotatable bonds is 4. The van der Waals surface area contributed by atoms with Gasteiger partial charge in [-0.2, -0.15) is 13.2 Å². The summed E-state index contributed by atoms with van der Waals surface area (Å²) in [5.74, 6) is -0.0390. The molecule has 2 amide bonds. The Kier molecular flexibility index (Phi) is 7.03. The van der Waals surface area contributed by atoms with Gasteiger partial charge < -0.3 is 16.0 Å². The van der Waals surface area contributed by atoms with Crippen molar-refractivity contribution in [2.75, 3.05) is 13.1 Å². The van der Waals surface area contributed by atoms with Crippen LogP contribution in [0.4, 0.5) is 13.2 Å². The van der Waals surface area contributed by atoms with Crippen molar-refractivity contribution in [3.63, 3.8) is 0 Å². The van der Waals surface area contributed by atoms with Crippen molar-refractivity contribution in [3.05, 3.63) is 23.8 Å². The van der Waals surface area contributed by atoms with Crippen LogP contribution in [0.5, 0.6) is 0 Å². The lowest BCUT2D eigenvalue weighted by molar-refractivity contribution is -0.138. The number of nitrogens with zero attached hydrogens (tertiary/aromatic N) is 1. The zero-order valence-electron chi connectivity index (χ0n) is 16.6. The van der Waals surface area contributed by atoms with Crippen LogP contribution in [0.1, 0.15) is 51.4 Å². The fourth-order valence-corrected chi connectivity index (χ4v) is 4.56. The zero-order chi connectivity index (χ0) is 21.0. The maximum Gasteiger partial charge on any atom is 0.416 e. The van der Waals surface area contributed by atoms with Crippen LogP contribution in [0.3, 0.4) is 0 Å². The summed E-state index contributed by atoms with van der Waals surface area (Å²) in [4.78, 5) is 26.9. The Bertz CT molecular complexity index is 667. The largest absolute Gasteiger partial charge is 0.416 e. The lowest BCUT2D eigenvalue weighted by Crippen LogP contribution is -2.48. The van der Waals surface area contributed by atoms with Crippen molar-refractivity contribution in [3.8, 4) is 0 Å². The summed E-state index contributed by atoms with van der Waals surface area (Å²) in [5.41, 5.74) is 5.40. The Labute approximate surface area is 169 Å². The molecule has 1 heterocycles. The predicted molar refractivity (Wildman–Crippen MR) is 104 cm³/mol. The molecule has 162 valence electrons. The molecule has 0 spiro atoms. The highest BCUT2D eigenvalue weighted by Crippen LogP contribution is 2.30. The molecule has 8 heteroatoms. The molecule has 0 aromatic carbocycles. The van der Waals surface area contributed by atoms with Crippen molar-refractivity contribution >= 4 is 11.8 Å². The van der Waals surface area contributed by atoms with Gasteiger partial charge in [0.25, 0.3) is 0 Å². The normalized spacial score (nSPS) is 28.8. The lowest BCUT2D eigenvalue weighted by Gasteiger charge is -2.37. The van der Waals surface area contributed by atoms with Crippen LogP contribution in [-0.4, -0.2) is 48.1 Å². The standard InChI is InChI=1S/C21H30F3N3O2/c22-21(23,24)15-4-3-5-16(13-15)26-19(28)12-14-8-10-27(11-9-14)20(29)17-6-1-2-7-18(17)25/h3-4,13-14,16-18H,1-2,5-12,25H2,(H,26,28)/t16?,17-,18-/m0/s1. The first kappa shape index (κ1) is 21.9. The number of nitrogens with two attached hydrogens (primary N) is 1. The minimum atomic E-state index is -4.40. The molecule has 0 aromatic rings. The van der Waals surface area contributed by atoms with E-state index in [1.54, 1.807) is 0 Å². The minimum Gasteiger partial charge on any atom is -0.350 e. The summed E-state index contributed by atoms with van der Waals surface area (Å²) >= 11 is 0. The third kappa shape index (κ3) is 5.84. The number of hydrogen-bond acceptors (Lipinski definition) is 3. The second kappa shape index (κ2) is 9.32. The number of carbonyl (C=O) groups is 2. The van der Waals surface area contributed by atoms with E-state index in [0.29, 0.717) is 19.5 Å². The predicted octanol–water partition coefficient (Wildman–Crippen LogP) is 3.07. The molecule has 3 atom stereocenters. The third-order valence-electron chi connectivity index (χ3n) is 6.28. The topological polar surface area (TPSA) is 75.4 Å². The highest BCUT2D eigenvalue weighted by Gasteiger charge is 2.35. The Morgan fingerprint density at radius 2 is 1.83 bits per heavy atom. The van der Waals surface area contributed by atoms with E-state index >= 15 is 0 Å². The van der Waals surface area contributed by atoms with Crippen molar-refractivity contribution in [2.45, 2.75) is 69.6 Å². The van der Waals surface area contributed by atoms with Gasteiger partial charge in [0.1, 0.15) is 0 Å². The summed E-state index contributed by atoms with van der Waals surface area (Å²) in [6.45, 7) is 1.23. The van der Waals surface area contributed by atoms with Crippen LogP contribution in [0, 0.1) is 11.8 Å². The Morgan fingerprint density at radius 3 is 2.48 bits per heavy atom. The fourth-order valence-electron chi connectivity index (χ4n) is 4.56. The van der Waals surface area contributed by atoms with E-state index in [2.05, 4.69) is 5.32 Å². The highest BCUT2D eigenvalue weighted by molar-refractivity contribution is 5.80. The van der Waals surface area contributed by atoms with Gasteiger partial charge in [0.15, 0.2) is 0 Å². The van der Waals surface area contributed by atoms with Gasteiger partial charge in [-0.15, -0.1) is 0 Å². The number of piperidine rings is 1.